The van der Waals surface area contributed by atoms with E-state index in [-0.39, 0.29) is 6.61 Å². The van der Waals surface area contributed by atoms with Crippen LogP contribution in [-0.2, 0) is 11.3 Å². The van der Waals surface area contributed by atoms with Crippen molar-refractivity contribution < 1.29 is 14.6 Å². The Balaban J connectivity index is 1.49. The number of carbonyl (C=O) groups excluding carboxylic acids is 1. The van der Waals surface area contributed by atoms with E-state index < -0.39 is 11.7 Å². The Morgan fingerprint density at radius 2 is 1.85 bits per heavy atom. The highest BCUT2D eigenvalue weighted by Gasteiger charge is 2.15. The largest absolute Gasteiger partial charge is 0.444 e. The monoisotopic (exact) mass is 449 g/mol. The Labute approximate surface area is 194 Å². The molecular formula is C25H31N5O3. The van der Waals surface area contributed by atoms with Crippen LogP contribution in [0.1, 0.15) is 32.8 Å². The number of hydrogen-bond acceptors (Lipinski definition) is 7. The molecule has 8 nitrogen and oxygen atoms in total. The predicted molar refractivity (Wildman–Crippen MR) is 130 cm³/mol. The number of aliphatic hydroxyl groups excluding tert-OH is 1. The molecule has 0 saturated heterocycles. The van der Waals surface area contributed by atoms with E-state index in [0.717, 1.165) is 34.6 Å². The molecule has 0 unspecified atom stereocenters. The smallest absolute Gasteiger partial charge is 0.407 e. The van der Waals surface area contributed by atoms with E-state index in [4.69, 9.17) is 4.74 Å². The zero-order valence-electron chi connectivity index (χ0n) is 19.3. The molecule has 0 saturated carbocycles. The molecule has 1 aromatic carbocycles. The van der Waals surface area contributed by atoms with Gasteiger partial charge in [0.15, 0.2) is 0 Å². The van der Waals surface area contributed by atoms with Crippen LogP contribution in [0.5, 0.6) is 0 Å². The van der Waals surface area contributed by atoms with Crippen LogP contribution in [0.25, 0.3) is 11.1 Å². The maximum Gasteiger partial charge on any atom is 0.407 e. The van der Waals surface area contributed by atoms with Crippen LogP contribution in [0.4, 0.5) is 22.1 Å². The number of aliphatic hydroxyl groups is 1. The fourth-order valence-electron chi connectivity index (χ4n) is 3.05. The first-order valence-electron chi connectivity index (χ1n) is 10.9. The zero-order chi connectivity index (χ0) is 23.7. The fraction of sp³-hybridized carbons (Fsp3) is 0.320. The van der Waals surface area contributed by atoms with Crippen LogP contribution in [0.3, 0.4) is 0 Å². The number of benzene rings is 1. The molecule has 3 aromatic rings. The Morgan fingerprint density at radius 3 is 2.58 bits per heavy atom. The molecule has 0 spiro atoms. The Morgan fingerprint density at radius 1 is 1.00 bits per heavy atom. The van der Waals surface area contributed by atoms with Gasteiger partial charge in [-0.3, -0.25) is 0 Å². The van der Waals surface area contributed by atoms with Gasteiger partial charge in [-0.15, -0.1) is 0 Å². The van der Waals surface area contributed by atoms with E-state index in [0.29, 0.717) is 18.9 Å². The van der Waals surface area contributed by atoms with Crippen molar-refractivity contribution in [1.82, 2.24) is 15.3 Å². The first kappa shape index (κ1) is 24.0. The fourth-order valence-corrected chi connectivity index (χ4v) is 3.05. The van der Waals surface area contributed by atoms with Crippen LogP contribution < -0.4 is 16.0 Å². The number of pyridine rings is 2. The molecule has 4 N–H and O–H groups in total. The van der Waals surface area contributed by atoms with E-state index in [2.05, 4.69) is 25.9 Å². The van der Waals surface area contributed by atoms with Gasteiger partial charge in [-0.05, 0) is 74.7 Å². The Kier molecular flexibility index (Phi) is 8.21. The summed E-state index contributed by atoms with van der Waals surface area (Å²) in [4.78, 5) is 20.5. The lowest BCUT2D eigenvalue weighted by molar-refractivity contribution is 0.0528. The number of carbonyl (C=O) groups is 1. The number of ether oxygens (including phenoxy) is 1. The molecule has 0 aliphatic heterocycles. The van der Waals surface area contributed by atoms with Crippen molar-refractivity contribution in [3.8, 4) is 11.1 Å². The molecule has 2 aromatic heterocycles. The quantitative estimate of drug-likeness (QED) is 0.351. The van der Waals surface area contributed by atoms with Gasteiger partial charge in [-0.2, -0.15) is 0 Å². The van der Waals surface area contributed by atoms with Crippen molar-refractivity contribution in [1.29, 1.82) is 0 Å². The predicted octanol–water partition coefficient (Wildman–Crippen LogP) is 4.71. The molecule has 33 heavy (non-hydrogen) atoms. The summed E-state index contributed by atoms with van der Waals surface area (Å²) in [6, 6.07) is 15.4. The molecule has 3 rings (SSSR count). The summed E-state index contributed by atoms with van der Waals surface area (Å²) < 4.78 is 5.21. The number of nitrogens with zero attached hydrogens (tertiary/aromatic N) is 2. The molecule has 174 valence electrons. The van der Waals surface area contributed by atoms with E-state index in [1.54, 1.807) is 6.20 Å². The van der Waals surface area contributed by atoms with Crippen LogP contribution in [0.2, 0.25) is 0 Å². The normalized spacial score (nSPS) is 11.0. The van der Waals surface area contributed by atoms with Gasteiger partial charge in [-0.1, -0.05) is 12.1 Å². The number of alkyl carbamates (subject to hydrolysis) is 1. The number of hydrogen-bond donors (Lipinski definition) is 4. The minimum atomic E-state index is -0.495. The highest BCUT2D eigenvalue weighted by molar-refractivity contribution is 5.69. The minimum absolute atomic E-state index is 0.00467. The second-order valence-electron chi connectivity index (χ2n) is 8.55. The van der Waals surface area contributed by atoms with Crippen molar-refractivity contribution >= 4 is 23.4 Å². The summed E-state index contributed by atoms with van der Waals surface area (Å²) in [6.45, 7) is 6.71. The maximum absolute atomic E-state index is 11.6. The number of rotatable bonds is 9. The van der Waals surface area contributed by atoms with Gasteiger partial charge in [0.25, 0.3) is 0 Å². The first-order chi connectivity index (χ1) is 15.8. The number of nitrogens with one attached hydrogen (secondary N) is 3. The second-order valence-corrected chi connectivity index (χ2v) is 8.55. The number of anilines is 3. The van der Waals surface area contributed by atoms with Gasteiger partial charge >= 0.3 is 6.09 Å². The second kappa shape index (κ2) is 11.3. The van der Waals surface area contributed by atoms with Crippen molar-refractivity contribution in [2.45, 2.75) is 39.4 Å². The third-order valence-corrected chi connectivity index (χ3v) is 4.57. The third-order valence-electron chi connectivity index (χ3n) is 4.57. The van der Waals surface area contributed by atoms with Gasteiger partial charge < -0.3 is 25.8 Å². The lowest BCUT2D eigenvalue weighted by Gasteiger charge is -2.19. The van der Waals surface area contributed by atoms with Gasteiger partial charge in [0.05, 0.1) is 6.61 Å². The highest BCUT2D eigenvalue weighted by atomic mass is 16.6. The van der Waals surface area contributed by atoms with Crippen molar-refractivity contribution in [3.63, 3.8) is 0 Å². The summed E-state index contributed by atoms with van der Waals surface area (Å²) in [5.41, 5.74) is 3.17. The van der Waals surface area contributed by atoms with Crippen LogP contribution in [-0.4, -0.2) is 39.9 Å². The average Bonchev–Trinajstić information content (AvgIpc) is 2.78. The van der Waals surface area contributed by atoms with Crippen LogP contribution in [0, 0.1) is 0 Å². The van der Waals surface area contributed by atoms with Gasteiger partial charge in [0.2, 0.25) is 0 Å². The van der Waals surface area contributed by atoms with E-state index in [1.165, 1.54) is 0 Å². The highest BCUT2D eigenvalue weighted by Crippen LogP contribution is 2.23. The van der Waals surface area contributed by atoms with Gasteiger partial charge in [-0.25, -0.2) is 14.8 Å². The molecule has 8 heteroatoms. The number of aromatic nitrogens is 2. The van der Waals surface area contributed by atoms with E-state index in [1.807, 2.05) is 75.5 Å². The van der Waals surface area contributed by atoms with Crippen molar-refractivity contribution in [3.05, 3.63) is 66.5 Å². The SMILES string of the molecule is CC(C)(C)OC(=O)NCCCNc1ccc(-c2ccnc(Nc3cccc(CO)c3)c2)cn1. The number of amides is 1. The Hall–Kier alpha value is -3.65. The topological polar surface area (TPSA) is 108 Å². The third kappa shape index (κ3) is 8.08. The molecule has 0 fully saturated rings. The molecule has 0 atom stereocenters. The van der Waals surface area contributed by atoms with Crippen LogP contribution in [0.15, 0.2) is 60.9 Å². The first-order valence-corrected chi connectivity index (χ1v) is 10.9. The van der Waals surface area contributed by atoms with Crippen molar-refractivity contribution in [2.75, 3.05) is 23.7 Å². The summed E-state index contributed by atoms with van der Waals surface area (Å²) in [5, 5.41) is 18.6. The standard InChI is InChI=1S/C25H31N5O3/c1-25(2,3)33-24(32)28-12-5-11-26-22-9-8-20(16-29-22)19-10-13-27-23(15-19)30-21-7-4-6-18(14-21)17-31/h4,6-10,13-16,31H,5,11-12,17H2,1-3H3,(H,26,29)(H,27,30)(H,28,32). The van der Waals surface area contributed by atoms with E-state index >= 15 is 0 Å². The zero-order valence-corrected chi connectivity index (χ0v) is 19.3. The molecule has 0 radical (unpaired) electrons. The lowest BCUT2D eigenvalue weighted by atomic mass is 10.1. The molecule has 2 heterocycles. The molecule has 0 bridgehead atoms. The summed E-state index contributed by atoms with van der Waals surface area (Å²) >= 11 is 0. The molecule has 1 amide bonds. The molecular weight excluding hydrogens is 418 g/mol. The summed E-state index contributed by atoms with van der Waals surface area (Å²) in [6.07, 6.45) is 3.90. The summed E-state index contributed by atoms with van der Waals surface area (Å²) in [5.74, 6) is 1.48. The van der Waals surface area contributed by atoms with Crippen LogP contribution >= 0.6 is 0 Å². The lowest BCUT2D eigenvalue weighted by Crippen LogP contribution is -2.33. The maximum atomic E-state index is 11.6. The molecule has 0 aliphatic carbocycles. The Bertz CT molecular complexity index is 1050. The minimum Gasteiger partial charge on any atom is -0.444 e. The molecule has 0 aliphatic rings. The van der Waals surface area contributed by atoms with Gasteiger partial charge in [0, 0.05) is 36.7 Å². The van der Waals surface area contributed by atoms with Crippen molar-refractivity contribution in [2.24, 2.45) is 0 Å². The van der Waals surface area contributed by atoms with Gasteiger partial charge in [0.1, 0.15) is 17.2 Å². The summed E-state index contributed by atoms with van der Waals surface area (Å²) in [7, 11) is 0. The van der Waals surface area contributed by atoms with E-state index in [9.17, 15) is 9.90 Å². The average molecular weight is 450 g/mol.